The van der Waals surface area contributed by atoms with Crippen LogP contribution >= 0.6 is 0 Å². The molecule has 0 saturated carbocycles. The van der Waals surface area contributed by atoms with Crippen LogP contribution in [0.3, 0.4) is 0 Å². The number of hydrogen-bond donors (Lipinski definition) is 0. The minimum absolute atomic E-state index is 0.0148. The van der Waals surface area contributed by atoms with Gasteiger partial charge in [0.15, 0.2) is 0 Å². The first-order chi connectivity index (χ1) is 11.6. The second-order valence-corrected chi connectivity index (χ2v) is 7.78. The minimum Gasteiger partial charge on any atom is -0.466 e. The van der Waals surface area contributed by atoms with E-state index in [1.807, 2.05) is 6.92 Å². The lowest BCUT2D eigenvalue weighted by Gasteiger charge is -2.12. The van der Waals surface area contributed by atoms with Gasteiger partial charge in [0.2, 0.25) is 0 Å². The normalized spacial score (nSPS) is 13.7. The van der Waals surface area contributed by atoms with Crippen molar-refractivity contribution in [2.45, 2.75) is 118 Å². The number of esters is 1. The van der Waals surface area contributed by atoms with Gasteiger partial charge in [-0.25, -0.2) is 0 Å². The lowest BCUT2D eigenvalue weighted by molar-refractivity contribution is -0.143. The molecule has 0 fully saturated rings. The minimum atomic E-state index is -0.0148. The molecule has 2 atom stereocenters. The zero-order valence-electron chi connectivity index (χ0n) is 17.1. The second kappa shape index (κ2) is 17.3. The van der Waals surface area contributed by atoms with Crippen molar-refractivity contribution in [3.8, 4) is 0 Å². The topological polar surface area (TPSA) is 26.3 Å². The van der Waals surface area contributed by atoms with Crippen molar-refractivity contribution < 1.29 is 9.53 Å². The summed E-state index contributed by atoms with van der Waals surface area (Å²) in [4.78, 5) is 11.4. The van der Waals surface area contributed by atoms with E-state index in [2.05, 4.69) is 20.8 Å². The molecule has 0 aliphatic rings. The number of hydrogen-bond acceptors (Lipinski definition) is 2. The van der Waals surface area contributed by atoms with E-state index >= 15 is 0 Å². The molecule has 144 valence electrons. The number of carbonyl (C=O) groups is 1. The van der Waals surface area contributed by atoms with Crippen LogP contribution in [-0.4, -0.2) is 12.6 Å². The van der Waals surface area contributed by atoms with Gasteiger partial charge in [-0.3, -0.25) is 4.79 Å². The molecule has 0 aromatic rings. The molecule has 0 aliphatic carbocycles. The van der Waals surface area contributed by atoms with Crippen LogP contribution in [0.25, 0.3) is 0 Å². The Bertz CT molecular complexity index is 275. The zero-order chi connectivity index (χ0) is 18.0. The lowest BCUT2D eigenvalue weighted by atomic mass is 9.94. The van der Waals surface area contributed by atoms with Gasteiger partial charge < -0.3 is 4.74 Å². The molecule has 0 rings (SSSR count). The van der Waals surface area contributed by atoms with Gasteiger partial charge in [-0.2, -0.15) is 0 Å². The average molecular weight is 341 g/mol. The van der Waals surface area contributed by atoms with Gasteiger partial charge in [-0.15, -0.1) is 0 Å². The van der Waals surface area contributed by atoms with Gasteiger partial charge in [0.05, 0.1) is 6.61 Å². The smallest absolute Gasteiger partial charge is 0.305 e. The van der Waals surface area contributed by atoms with Crippen LogP contribution in [0.15, 0.2) is 0 Å². The predicted molar refractivity (Wildman–Crippen MR) is 105 cm³/mol. The molecule has 0 spiro atoms. The maximum atomic E-state index is 11.4. The highest BCUT2D eigenvalue weighted by Gasteiger charge is 2.04. The molecule has 0 heterocycles. The van der Waals surface area contributed by atoms with Crippen LogP contribution in [0.5, 0.6) is 0 Å². The standard InChI is InChI=1S/C22H44O2/c1-5-19-24-22(23)18-12-10-8-7-9-11-16-21(4)17-14-13-15-20(3)6-2/h20-21H,5-19H2,1-4H3. The van der Waals surface area contributed by atoms with Crippen molar-refractivity contribution in [1.29, 1.82) is 0 Å². The summed E-state index contributed by atoms with van der Waals surface area (Å²) in [5.74, 6) is 1.79. The van der Waals surface area contributed by atoms with E-state index in [0.29, 0.717) is 13.0 Å². The van der Waals surface area contributed by atoms with Crippen molar-refractivity contribution in [3.05, 3.63) is 0 Å². The first-order valence-corrected chi connectivity index (χ1v) is 10.8. The summed E-state index contributed by atoms with van der Waals surface area (Å²) < 4.78 is 5.08. The van der Waals surface area contributed by atoms with E-state index in [1.54, 1.807) is 0 Å². The Morgan fingerprint density at radius 1 is 0.750 bits per heavy atom. The molecule has 2 nitrogen and oxygen atoms in total. The summed E-state index contributed by atoms with van der Waals surface area (Å²) in [6.07, 6.45) is 17.4. The van der Waals surface area contributed by atoms with E-state index in [9.17, 15) is 4.79 Å². The summed E-state index contributed by atoms with van der Waals surface area (Å²) in [7, 11) is 0. The highest BCUT2D eigenvalue weighted by Crippen LogP contribution is 2.19. The van der Waals surface area contributed by atoms with Gasteiger partial charge >= 0.3 is 5.97 Å². The number of unbranched alkanes of at least 4 members (excludes halogenated alkanes) is 6. The molecular formula is C22H44O2. The molecule has 0 N–H and O–H groups in total. The van der Waals surface area contributed by atoms with Crippen molar-refractivity contribution in [2.24, 2.45) is 11.8 Å². The molecule has 0 aromatic carbocycles. The molecule has 0 aliphatic heterocycles. The van der Waals surface area contributed by atoms with Gasteiger partial charge in [0.25, 0.3) is 0 Å². The van der Waals surface area contributed by atoms with Gasteiger partial charge in [-0.1, -0.05) is 98.3 Å². The average Bonchev–Trinajstić information content (AvgIpc) is 2.58. The third kappa shape index (κ3) is 16.3. The van der Waals surface area contributed by atoms with Crippen LogP contribution in [0.1, 0.15) is 118 Å². The van der Waals surface area contributed by atoms with Crippen LogP contribution in [0, 0.1) is 11.8 Å². The largest absolute Gasteiger partial charge is 0.466 e. The van der Waals surface area contributed by atoms with Gasteiger partial charge in [0, 0.05) is 6.42 Å². The van der Waals surface area contributed by atoms with Gasteiger partial charge in [0.1, 0.15) is 0 Å². The molecule has 24 heavy (non-hydrogen) atoms. The van der Waals surface area contributed by atoms with E-state index in [1.165, 1.54) is 70.6 Å². The van der Waals surface area contributed by atoms with Crippen LogP contribution in [0.2, 0.25) is 0 Å². The predicted octanol–water partition coefficient (Wildman–Crippen LogP) is 7.30. The molecule has 2 heteroatoms. The van der Waals surface area contributed by atoms with Crippen molar-refractivity contribution in [3.63, 3.8) is 0 Å². The number of ether oxygens (including phenoxy) is 1. The van der Waals surface area contributed by atoms with Crippen LogP contribution < -0.4 is 0 Å². The van der Waals surface area contributed by atoms with E-state index in [-0.39, 0.29) is 5.97 Å². The maximum absolute atomic E-state index is 11.4. The van der Waals surface area contributed by atoms with Crippen LogP contribution in [0.4, 0.5) is 0 Å². The first-order valence-electron chi connectivity index (χ1n) is 10.8. The van der Waals surface area contributed by atoms with Crippen molar-refractivity contribution >= 4 is 5.97 Å². The molecule has 0 aromatic heterocycles. The SMILES string of the molecule is CCCOC(=O)CCCCCCCCC(C)CCCCC(C)CC. The first kappa shape index (κ1) is 23.5. The van der Waals surface area contributed by atoms with Crippen molar-refractivity contribution in [2.75, 3.05) is 6.61 Å². The summed E-state index contributed by atoms with van der Waals surface area (Å²) in [5.41, 5.74) is 0. The third-order valence-electron chi connectivity index (χ3n) is 5.14. The Labute approximate surface area is 152 Å². The quantitative estimate of drug-likeness (QED) is 0.205. The molecule has 0 saturated heterocycles. The molecule has 0 bridgehead atoms. The highest BCUT2D eigenvalue weighted by molar-refractivity contribution is 5.69. The van der Waals surface area contributed by atoms with Crippen LogP contribution in [-0.2, 0) is 9.53 Å². The Balaban J connectivity index is 3.27. The Morgan fingerprint density at radius 2 is 1.25 bits per heavy atom. The summed E-state index contributed by atoms with van der Waals surface area (Å²) >= 11 is 0. The van der Waals surface area contributed by atoms with Crippen molar-refractivity contribution in [1.82, 2.24) is 0 Å². The van der Waals surface area contributed by atoms with E-state index in [0.717, 1.165) is 24.7 Å². The molecular weight excluding hydrogens is 296 g/mol. The van der Waals surface area contributed by atoms with E-state index < -0.39 is 0 Å². The Morgan fingerprint density at radius 3 is 1.83 bits per heavy atom. The lowest BCUT2D eigenvalue weighted by Crippen LogP contribution is -2.04. The Kier molecular flexibility index (Phi) is 16.9. The summed E-state index contributed by atoms with van der Waals surface area (Å²) in [6.45, 7) is 9.70. The highest BCUT2D eigenvalue weighted by atomic mass is 16.5. The fraction of sp³-hybridized carbons (Fsp3) is 0.955. The second-order valence-electron chi connectivity index (χ2n) is 7.78. The van der Waals surface area contributed by atoms with Gasteiger partial charge in [-0.05, 0) is 24.7 Å². The molecule has 2 unspecified atom stereocenters. The monoisotopic (exact) mass is 340 g/mol. The fourth-order valence-corrected chi connectivity index (χ4v) is 3.09. The Hall–Kier alpha value is -0.530. The number of rotatable bonds is 17. The maximum Gasteiger partial charge on any atom is 0.305 e. The summed E-state index contributed by atoms with van der Waals surface area (Å²) in [6, 6.07) is 0. The molecule has 0 radical (unpaired) electrons. The van der Waals surface area contributed by atoms with E-state index in [4.69, 9.17) is 4.74 Å². The third-order valence-corrected chi connectivity index (χ3v) is 5.14. The summed E-state index contributed by atoms with van der Waals surface area (Å²) in [5, 5.41) is 0. The zero-order valence-corrected chi connectivity index (χ0v) is 17.1. The number of carbonyl (C=O) groups excluding carboxylic acids is 1. The fourth-order valence-electron chi connectivity index (χ4n) is 3.09. The molecule has 0 amide bonds.